The summed E-state index contributed by atoms with van der Waals surface area (Å²) in [6, 6.07) is 23.3. The minimum atomic E-state index is -0.495. The second-order valence-electron chi connectivity index (χ2n) is 7.22. The topological polar surface area (TPSA) is 85.0 Å². The Balaban J connectivity index is 1.29. The highest BCUT2D eigenvalue weighted by Crippen LogP contribution is 2.27. The first-order chi connectivity index (χ1) is 16.5. The number of aromatic nitrogens is 3. The molecule has 0 bridgehead atoms. The molecule has 1 amide bonds. The number of halogens is 2. The monoisotopic (exact) mass is 507 g/mol. The molecule has 2 aromatic heterocycles. The van der Waals surface area contributed by atoms with Crippen molar-refractivity contribution in [1.29, 1.82) is 0 Å². The first kappa shape index (κ1) is 22.1. The molecule has 0 aliphatic heterocycles. The predicted octanol–water partition coefficient (Wildman–Crippen LogP) is 6.11. The van der Waals surface area contributed by atoms with Gasteiger partial charge in [-0.05, 0) is 72.9 Å². The van der Waals surface area contributed by atoms with E-state index in [0.29, 0.717) is 32.5 Å². The largest absolute Gasteiger partial charge is 0.451 e. The van der Waals surface area contributed by atoms with Crippen molar-refractivity contribution in [3.63, 3.8) is 0 Å². The number of hydrogen-bond donors (Lipinski definition) is 2. The zero-order valence-electron chi connectivity index (χ0n) is 17.3. The summed E-state index contributed by atoms with van der Waals surface area (Å²) in [4.78, 5) is 14.1. The van der Waals surface area contributed by atoms with E-state index in [1.807, 2.05) is 30.3 Å². The molecule has 0 spiro atoms. The molecule has 5 rings (SSSR count). The number of carbonyl (C=O) groups is 1. The average molecular weight is 508 g/mol. The van der Waals surface area contributed by atoms with Crippen LogP contribution in [0.4, 0.5) is 5.69 Å². The van der Waals surface area contributed by atoms with Gasteiger partial charge in [-0.25, -0.2) is 0 Å². The van der Waals surface area contributed by atoms with Crippen LogP contribution in [0.2, 0.25) is 10.0 Å². The number of fused-ring (bicyclic) bond motifs is 1. The van der Waals surface area contributed by atoms with Crippen LogP contribution in [0.1, 0.15) is 10.6 Å². The van der Waals surface area contributed by atoms with Crippen molar-refractivity contribution in [1.82, 2.24) is 20.3 Å². The van der Waals surface area contributed by atoms with E-state index in [2.05, 4.69) is 20.8 Å². The third-order valence-corrected chi connectivity index (χ3v) is 5.66. The molecule has 34 heavy (non-hydrogen) atoms. The Hall–Kier alpha value is -3.72. The summed E-state index contributed by atoms with van der Waals surface area (Å²) in [5, 5.41) is 15.5. The lowest BCUT2D eigenvalue weighted by molar-refractivity contribution is 0.0951. The van der Waals surface area contributed by atoms with Crippen LogP contribution in [0, 0.1) is 0 Å². The molecule has 0 radical (unpaired) electrons. The molecular formula is C24H15Cl2N5O2S. The Kier molecular flexibility index (Phi) is 6.02. The highest BCUT2D eigenvalue weighted by Gasteiger charge is 2.15. The summed E-state index contributed by atoms with van der Waals surface area (Å²) in [5.74, 6) is 0.155. The summed E-state index contributed by atoms with van der Waals surface area (Å²) >= 11 is 17.6. The predicted molar refractivity (Wildman–Crippen MR) is 137 cm³/mol. The van der Waals surface area contributed by atoms with Crippen molar-refractivity contribution < 1.29 is 9.21 Å². The van der Waals surface area contributed by atoms with Gasteiger partial charge in [0, 0.05) is 10.6 Å². The molecule has 7 nitrogen and oxygen atoms in total. The van der Waals surface area contributed by atoms with Gasteiger partial charge in [0.2, 0.25) is 0 Å². The second-order valence-corrected chi connectivity index (χ2v) is 8.48. The first-order valence-electron chi connectivity index (χ1n) is 10.1. The standard InChI is InChI=1S/C24H15Cl2N5O2S/c25-15-8-6-14(7-9-15)21-10-11-22(33-21)23(32)28-24(34)27-18-13-20-19(12-17(18)26)29-31(30-20)16-4-2-1-3-5-16/h1-13H,(H2,27,28,32,34). The highest BCUT2D eigenvalue weighted by molar-refractivity contribution is 7.80. The number of hydrogen-bond acceptors (Lipinski definition) is 5. The van der Waals surface area contributed by atoms with Crippen LogP contribution in [-0.2, 0) is 0 Å². The van der Waals surface area contributed by atoms with Crippen LogP contribution < -0.4 is 10.6 Å². The van der Waals surface area contributed by atoms with Crippen LogP contribution in [-0.4, -0.2) is 26.0 Å². The first-order valence-corrected chi connectivity index (χ1v) is 11.2. The fraction of sp³-hybridized carbons (Fsp3) is 0. The van der Waals surface area contributed by atoms with Crippen LogP contribution in [0.3, 0.4) is 0 Å². The Morgan fingerprint density at radius 3 is 2.35 bits per heavy atom. The van der Waals surface area contributed by atoms with Gasteiger partial charge in [0.15, 0.2) is 10.9 Å². The van der Waals surface area contributed by atoms with E-state index in [0.717, 1.165) is 11.3 Å². The second kappa shape index (κ2) is 9.26. The molecule has 0 saturated carbocycles. The van der Waals surface area contributed by atoms with Gasteiger partial charge in [-0.2, -0.15) is 4.80 Å². The summed E-state index contributed by atoms with van der Waals surface area (Å²) in [6.45, 7) is 0. The van der Waals surface area contributed by atoms with Crippen LogP contribution >= 0.6 is 35.4 Å². The molecular weight excluding hydrogens is 493 g/mol. The van der Waals surface area contributed by atoms with Gasteiger partial charge in [0.1, 0.15) is 16.8 Å². The number of furan rings is 1. The molecule has 5 aromatic rings. The summed E-state index contributed by atoms with van der Waals surface area (Å²) in [7, 11) is 0. The molecule has 0 aliphatic carbocycles. The Morgan fingerprint density at radius 2 is 1.62 bits per heavy atom. The molecule has 2 heterocycles. The van der Waals surface area contributed by atoms with Crippen LogP contribution in [0.25, 0.3) is 28.0 Å². The molecule has 0 fully saturated rings. The summed E-state index contributed by atoms with van der Waals surface area (Å²) in [6.07, 6.45) is 0. The maximum atomic E-state index is 12.6. The van der Waals surface area contributed by atoms with Gasteiger partial charge in [0.25, 0.3) is 5.91 Å². The van der Waals surface area contributed by atoms with E-state index in [9.17, 15) is 4.79 Å². The van der Waals surface area contributed by atoms with Crippen molar-refractivity contribution in [2.75, 3.05) is 5.32 Å². The lowest BCUT2D eigenvalue weighted by Crippen LogP contribution is -2.33. The summed E-state index contributed by atoms with van der Waals surface area (Å²) < 4.78 is 5.66. The molecule has 0 aliphatic rings. The average Bonchev–Trinajstić information content (AvgIpc) is 3.48. The number of rotatable bonds is 4. The van der Waals surface area contributed by atoms with Crippen molar-refractivity contribution >= 4 is 63.2 Å². The summed E-state index contributed by atoms with van der Waals surface area (Å²) in [5.41, 5.74) is 3.35. The number of para-hydroxylation sites is 1. The van der Waals surface area contributed by atoms with Crippen molar-refractivity contribution in [2.45, 2.75) is 0 Å². The molecule has 10 heteroatoms. The lowest BCUT2D eigenvalue weighted by Gasteiger charge is -2.10. The molecule has 168 valence electrons. The van der Waals surface area contributed by atoms with E-state index in [1.165, 1.54) is 4.80 Å². The lowest BCUT2D eigenvalue weighted by atomic mass is 10.2. The van der Waals surface area contributed by atoms with Gasteiger partial charge < -0.3 is 9.73 Å². The van der Waals surface area contributed by atoms with E-state index in [-0.39, 0.29) is 10.9 Å². The fourth-order valence-corrected chi connectivity index (χ4v) is 3.79. The fourth-order valence-electron chi connectivity index (χ4n) is 3.26. The number of anilines is 1. The smallest absolute Gasteiger partial charge is 0.293 e. The van der Waals surface area contributed by atoms with Gasteiger partial charge in [-0.15, -0.1) is 10.2 Å². The normalized spacial score (nSPS) is 10.9. The zero-order valence-corrected chi connectivity index (χ0v) is 19.7. The number of carbonyl (C=O) groups excluding carboxylic acids is 1. The van der Waals surface area contributed by atoms with Gasteiger partial charge >= 0.3 is 0 Å². The Labute approximate surface area is 209 Å². The Morgan fingerprint density at radius 1 is 0.912 bits per heavy atom. The highest BCUT2D eigenvalue weighted by atomic mass is 35.5. The van der Waals surface area contributed by atoms with Crippen LogP contribution in [0.5, 0.6) is 0 Å². The molecule has 3 aromatic carbocycles. The molecule has 0 unspecified atom stereocenters. The van der Waals surface area contributed by atoms with Crippen molar-refractivity contribution in [3.05, 3.63) is 94.7 Å². The van der Waals surface area contributed by atoms with Gasteiger partial charge in [-0.1, -0.05) is 41.4 Å². The SMILES string of the molecule is O=C(NC(=S)Nc1cc2nn(-c3ccccc3)nc2cc1Cl)c1ccc(-c2ccc(Cl)cc2)o1. The zero-order chi connectivity index (χ0) is 23.7. The number of nitrogens with zero attached hydrogens (tertiary/aromatic N) is 3. The molecule has 0 atom stereocenters. The molecule has 0 saturated heterocycles. The third-order valence-electron chi connectivity index (χ3n) is 4.89. The third kappa shape index (κ3) is 4.65. The number of nitrogens with one attached hydrogen (secondary N) is 2. The maximum Gasteiger partial charge on any atom is 0.293 e. The molecule has 2 N–H and O–H groups in total. The van der Waals surface area contributed by atoms with Crippen LogP contribution in [0.15, 0.2) is 83.3 Å². The maximum absolute atomic E-state index is 12.6. The van der Waals surface area contributed by atoms with E-state index >= 15 is 0 Å². The Bertz CT molecular complexity index is 1510. The van der Waals surface area contributed by atoms with Crippen molar-refractivity contribution in [2.24, 2.45) is 0 Å². The van der Waals surface area contributed by atoms with Gasteiger partial charge in [0.05, 0.1) is 16.4 Å². The minimum absolute atomic E-state index is 0.0612. The van der Waals surface area contributed by atoms with Crippen molar-refractivity contribution in [3.8, 4) is 17.0 Å². The quantitative estimate of drug-likeness (QED) is 0.285. The van der Waals surface area contributed by atoms with E-state index in [1.54, 1.807) is 48.5 Å². The van der Waals surface area contributed by atoms with Gasteiger partial charge in [-0.3, -0.25) is 10.1 Å². The number of amides is 1. The van der Waals surface area contributed by atoms with E-state index < -0.39 is 5.91 Å². The number of benzene rings is 3. The minimum Gasteiger partial charge on any atom is -0.451 e. The van der Waals surface area contributed by atoms with E-state index in [4.69, 9.17) is 39.8 Å². The number of thiocarbonyl (C=S) groups is 1.